The van der Waals surface area contributed by atoms with Gasteiger partial charge >= 0.3 is 0 Å². The summed E-state index contributed by atoms with van der Waals surface area (Å²) >= 11 is 1.46. The van der Waals surface area contributed by atoms with E-state index in [1.807, 2.05) is 0 Å². The number of hydrogen-bond donors (Lipinski definition) is 0. The quantitative estimate of drug-likeness (QED) is 0.293. The Morgan fingerprint density at radius 3 is 1.90 bits per heavy atom. The van der Waals surface area contributed by atoms with Crippen LogP contribution in [0.4, 0.5) is 13.2 Å². The minimum Gasteiger partial charge on any atom is -0.488 e. The highest BCUT2D eigenvalue weighted by Gasteiger charge is 2.39. The number of ether oxygens (including phenoxy) is 2. The molecule has 0 amide bonds. The Morgan fingerprint density at radius 1 is 0.903 bits per heavy atom. The van der Waals surface area contributed by atoms with Gasteiger partial charge < -0.3 is 9.47 Å². The van der Waals surface area contributed by atoms with Gasteiger partial charge in [-0.05, 0) is 25.0 Å². The van der Waals surface area contributed by atoms with Gasteiger partial charge in [-0.3, -0.25) is 0 Å². The van der Waals surface area contributed by atoms with Gasteiger partial charge in [0, 0.05) is 15.5 Å². The summed E-state index contributed by atoms with van der Waals surface area (Å²) in [5.74, 6) is -2.56. The molecule has 0 bridgehead atoms. The molecule has 0 saturated carbocycles. The van der Waals surface area contributed by atoms with E-state index in [1.165, 1.54) is 11.3 Å². The number of benzene rings is 1. The molecule has 3 rings (SSSR count). The summed E-state index contributed by atoms with van der Waals surface area (Å²) in [5.41, 5.74) is 0.219. The Bertz CT molecular complexity index is 889. The molecule has 0 N–H and O–H groups in total. The van der Waals surface area contributed by atoms with E-state index >= 15 is 0 Å². The average Bonchev–Trinajstić information content (AvgIpc) is 3.00. The molecule has 0 aliphatic carbocycles. The second kappa shape index (κ2) is 9.57. The average molecular weight is 471 g/mol. The lowest BCUT2D eigenvalue weighted by molar-refractivity contribution is 0.0797. The monoisotopic (exact) mass is 470 g/mol. The summed E-state index contributed by atoms with van der Waals surface area (Å²) in [4.78, 5) is 0.618. The van der Waals surface area contributed by atoms with Crippen molar-refractivity contribution in [3.05, 3.63) is 29.6 Å². The summed E-state index contributed by atoms with van der Waals surface area (Å²) in [6, 6.07) is 2.10. The third-order valence-corrected chi connectivity index (χ3v) is 10.7. The first kappa shape index (κ1) is 24.2. The second-order valence-electron chi connectivity index (χ2n) is 9.71. The molecule has 0 unspecified atom stereocenters. The van der Waals surface area contributed by atoms with Crippen molar-refractivity contribution >= 4 is 23.9 Å². The molecule has 1 aromatic heterocycles. The maximum Gasteiger partial charge on any atom is 0.194 e. The van der Waals surface area contributed by atoms with Crippen molar-refractivity contribution in [2.75, 3.05) is 13.2 Å². The highest BCUT2D eigenvalue weighted by molar-refractivity contribution is 7.29. The van der Waals surface area contributed by atoms with E-state index in [9.17, 15) is 13.2 Å². The van der Waals surface area contributed by atoms with Gasteiger partial charge in [0.1, 0.15) is 0 Å². The first-order valence-electron chi connectivity index (χ1n) is 11.2. The Hall–Kier alpha value is -1.47. The fraction of sp³-hybridized carbons (Fsp3) is 0.583. The summed E-state index contributed by atoms with van der Waals surface area (Å²) in [6.45, 7) is 12.1. The van der Waals surface area contributed by atoms with Gasteiger partial charge in [0.15, 0.2) is 29.0 Å². The molecular formula is C24H33F3O2SSi. The van der Waals surface area contributed by atoms with Gasteiger partial charge in [0.25, 0.3) is 0 Å². The van der Waals surface area contributed by atoms with E-state index in [0.717, 1.165) is 60.9 Å². The van der Waals surface area contributed by atoms with E-state index in [2.05, 4.69) is 33.5 Å². The van der Waals surface area contributed by atoms with E-state index in [1.54, 1.807) is 0 Å². The molecule has 31 heavy (non-hydrogen) atoms. The van der Waals surface area contributed by atoms with Crippen molar-refractivity contribution in [3.63, 3.8) is 0 Å². The molecule has 0 saturated heterocycles. The van der Waals surface area contributed by atoms with Crippen molar-refractivity contribution in [1.29, 1.82) is 0 Å². The maximum atomic E-state index is 14.0. The predicted octanol–water partition coefficient (Wildman–Crippen LogP) is 7.52. The van der Waals surface area contributed by atoms with Gasteiger partial charge in [0.2, 0.25) is 0 Å². The molecule has 1 aliphatic rings. The van der Waals surface area contributed by atoms with Crippen LogP contribution in [0.25, 0.3) is 10.4 Å². The highest BCUT2D eigenvalue weighted by Crippen LogP contribution is 2.48. The van der Waals surface area contributed by atoms with E-state index in [-0.39, 0.29) is 5.41 Å². The van der Waals surface area contributed by atoms with Crippen molar-refractivity contribution < 1.29 is 22.6 Å². The van der Waals surface area contributed by atoms with Crippen LogP contribution in [0.15, 0.2) is 12.1 Å². The van der Waals surface area contributed by atoms with Crippen molar-refractivity contribution in [3.8, 4) is 21.9 Å². The van der Waals surface area contributed by atoms with Crippen molar-refractivity contribution in [2.24, 2.45) is 5.41 Å². The zero-order valence-corrected chi connectivity index (χ0v) is 21.0. The largest absolute Gasteiger partial charge is 0.488 e. The number of rotatable bonds is 8. The van der Waals surface area contributed by atoms with Crippen LogP contribution >= 0.6 is 11.3 Å². The third kappa shape index (κ3) is 5.13. The third-order valence-electron chi connectivity index (χ3n) is 5.92. The lowest BCUT2D eigenvalue weighted by Crippen LogP contribution is -2.37. The molecule has 0 atom stereocenters. The minimum absolute atomic E-state index is 0.0734. The molecule has 7 heteroatoms. The number of unbranched alkanes of at least 4 members (excludes halogenated alkanes) is 2. The Kier molecular flexibility index (Phi) is 7.46. The zero-order chi connectivity index (χ0) is 22.8. The molecule has 0 radical (unpaired) electrons. The minimum atomic E-state index is -1.83. The molecule has 2 nitrogen and oxygen atoms in total. The van der Waals surface area contributed by atoms with Crippen LogP contribution in [0.2, 0.25) is 19.6 Å². The van der Waals surface area contributed by atoms with Gasteiger partial charge in [-0.2, -0.15) is 0 Å². The molecular weight excluding hydrogens is 437 g/mol. The zero-order valence-electron chi connectivity index (χ0n) is 19.2. The molecule has 1 aliphatic heterocycles. The first-order chi connectivity index (χ1) is 14.6. The smallest absolute Gasteiger partial charge is 0.194 e. The normalized spacial score (nSPS) is 15.7. The lowest BCUT2D eigenvalue weighted by atomic mass is 9.79. The van der Waals surface area contributed by atoms with Crippen molar-refractivity contribution in [2.45, 2.75) is 72.0 Å². The first-order valence-corrected chi connectivity index (χ1v) is 15.5. The van der Waals surface area contributed by atoms with Gasteiger partial charge in [0.05, 0.1) is 26.2 Å². The SMILES string of the molecule is CCCCC1(CCCC)COc2c(-c3cc(F)c(F)c(F)c3)sc([Si](C)(C)C)c2OC1. The lowest BCUT2D eigenvalue weighted by Gasteiger charge is -2.31. The predicted molar refractivity (Wildman–Crippen MR) is 125 cm³/mol. The van der Waals surface area contributed by atoms with Crippen LogP contribution in [0, 0.1) is 22.9 Å². The van der Waals surface area contributed by atoms with Crippen LogP contribution in [0.5, 0.6) is 11.5 Å². The fourth-order valence-electron chi connectivity index (χ4n) is 4.04. The van der Waals surface area contributed by atoms with Crippen LogP contribution in [0.1, 0.15) is 52.4 Å². The summed E-state index contributed by atoms with van der Waals surface area (Å²) in [5, 5.41) is 0. The number of halogens is 3. The molecule has 2 heterocycles. The summed E-state index contributed by atoms with van der Waals surface area (Å²) < 4.78 is 55.5. The van der Waals surface area contributed by atoms with Crippen molar-refractivity contribution in [1.82, 2.24) is 0 Å². The molecule has 172 valence electrons. The molecule has 0 fully saturated rings. The van der Waals surface area contributed by atoms with Gasteiger partial charge in [-0.15, -0.1) is 11.3 Å². The Labute approximate surface area is 188 Å². The Morgan fingerprint density at radius 2 is 1.42 bits per heavy atom. The van der Waals surface area contributed by atoms with Crippen LogP contribution in [-0.2, 0) is 0 Å². The van der Waals surface area contributed by atoms with E-state index < -0.39 is 25.5 Å². The van der Waals surface area contributed by atoms with Crippen LogP contribution < -0.4 is 14.0 Å². The van der Waals surface area contributed by atoms with E-state index in [4.69, 9.17) is 9.47 Å². The van der Waals surface area contributed by atoms with Gasteiger partial charge in [-0.25, -0.2) is 13.2 Å². The molecule has 1 aromatic carbocycles. The van der Waals surface area contributed by atoms with E-state index in [0.29, 0.717) is 29.4 Å². The molecule has 0 spiro atoms. The standard InChI is InChI=1S/C24H33F3O2SSi/c1-6-8-10-24(11-9-7-2)14-28-20-21(29-15-24)23(31(3,4)5)30-22(20)16-12-17(25)19(27)18(26)13-16/h12-13H,6-11,14-15H2,1-5H3. The summed E-state index contributed by atoms with van der Waals surface area (Å²) in [7, 11) is -1.83. The number of fused-ring (bicyclic) bond motifs is 1. The maximum absolute atomic E-state index is 14.0. The number of hydrogen-bond acceptors (Lipinski definition) is 3. The highest BCUT2D eigenvalue weighted by atomic mass is 32.1. The molecule has 2 aromatic rings. The summed E-state index contributed by atoms with van der Waals surface area (Å²) in [6.07, 6.45) is 6.46. The van der Waals surface area contributed by atoms with Gasteiger partial charge in [-0.1, -0.05) is 59.2 Å². The van der Waals surface area contributed by atoms with Crippen LogP contribution in [-0.4, -0.2) is 21.3 Å². The fourth-order valence-corrected chi connectivity index (χ4v) is 7.37. The second-order valence-corrected chi connectivity index (χ2v) is 16.1. The van der Waals surface area contributed by atoms with Crippen LogP contribution in [0.3, 0.4) is 0 Å². The number of thiophene rings is 1. The Balaban J connectivity index is 2.07. The topological polar surface area (TPSA) is 18.5 Å².